The normalized spacial score (nSPS) is 20.6. The van der Waals surface area contributed by atoms with Gasteiger partial charge in [-0.2, -0.15) is 0 Å². The summed E-state index contributed by atoms with van der Waals surface area (Å²) in [5.41, 5.74) is 2.05. The summed E-state index contributed by atoms with van der Waals surface area (Å²) in [5.74, 6) is 0. The molecule has 82 valence electrons. The molecule has 1 heterocycles. The molecule has 0 bridgehead atoms. The van der Waals surface area contributed by atoms with Crippen LogP contribution in [-0.4, -0.2) is 16.7 Å². The predicted molar refractivity (Wildman–Crippen MR) is 63.1 cm³/mol. The molecule has 2 heteroatoms. The van der Waals surface area contributed by atoms with E-state index in [1.54, 1.807) is 0 Å². The Morgan fingerprint density at radius 2 is 2.13 bits per heavy atom. The molecule has 0 saturated carbocycles. The van der Waals surface area contributed by atoms with E-state index in [9.17, 15) is 5.11 Å². The number of aryl methyl sites for hydroxylation is 1. The highest BCUT2D eigenvalue weighted by molar-refractivity contribution is 5.53. The van der Waals surface area contributed by atoms with Crippen LogP contribution in [0, 0.1) is 0 Å². The second kappa shape index (κ2) is 3.86. The van der Waals surface area contributed by atoms with Crippen LogP contribution in [0.3, 0.4) is 0 Å². The zero-order chi connectivity index (χ0) is 10.9. The van der Waals surface area contributed by atoms with Gasteiger partial charge in [-0.1, -0.05) is 18.2 Å². The minimum atomic E-state index is -0.579. The Balaban J connectivity index is 2.06. The molecule has 1 atom stereocenters. The molecule has 1 aliphatic heterocycles. The highest BCUT2D eigenvalue weighted by Gasteiger charge is 2.23. The summed E-state index contributed by atoms with van der Waals surface area (Å²) < 4.78 is 0. The molecule has 0 aliphatic carbocycles. The van der Waals surface area contributed by atoms with E-state index in [1.165, 1.54) is 11.3 Å². The summed E-state index contributed by atoms with van der Waals surface area (Å²) in [4.78, 5) is 0. The monoisotopic (exact) mass is 205 g/mol. The molecule has 1 aromatic carbocycles. The Labute approximate surface area is 91.3 Å². The van der Waals surface area contributed by atoms with Gasteiger partial charge in [-0.15, -0.1) is 0 Å². The molecule has 0 unspecified atom stereocenters. The smallest absolute Gasteiger partial charge is 0.0611 e. The fourth-order valence-electron chi connectivity index (χ4n) is 2.26. The zero-order valence-electron chi connectivity index (χ0n) is 9.46. The van der Waals surface area contributed by atoms with Crippen molar-refractivity contribution in [2.75, 3.05) is 5.32 Å². The Kier molecular flexibility index (Phi) is 2.70. The van der Waals surface area contributed by atoms with Gasteiger partial charge in [0.15, 0.2) is 0 Å². The maximum Gasteiger partial charge on any atom is 0.0611 e. The number of nitrogens with one attached hydrogen (secondary N) is 1. The number of hydrogen-bond acceptors (Lipinski definition) is 2. The van der Waals surface area contributed by atoms with Crippen molar-refractivity contribution in [2.45, 2.75) is 44.8 Å². The van der Waals surface area contributed by atoms with Crippen molar-refractivity contribution >= 4 is 5.69 Å². The third kappa shape index (κ3) is 2.72. The fourth-order valence-corrected chi connectivity index (χ4v) is 2.26. The van der Waals surface area contributed by atoms with Crippen LogP contribution in [0.25, 0.3) is 0 Å². The first-order valence-electron chi connectivity index (χ1n) is 5.61. The maximum atomic E-state index is 9.78. The number of anilines is 1. The van der Waals surface area contributed by atoms with Gasteiger partial charge in [0.05, 0.1) is 5.60 Å². The van der Waals surface area contributed by atoms with Gasteiger partial charge in [0.2, 0.25) is 0 Å². The molecule has 15 heavy (non-hydrogen) atoms. The standard InChI is InChI=1S/C13H19NO/c1-13(2,15)9-11-8-7-10-5-3-4-6-12(10)14-11/h3-6,11,14-15H,7-9H2,1-2H3/t11-/m1/s1. The number of benzene rings is 1. The maximum absolute atomic E-state index is 9.78. The molecule has 0 aromatic heterocycles. The lowest BCUT2D eigenvalue weighted by Crippen LogP contribution is -2.33. The SMILES string of the molecule is CC(C)(O)C[C@H]1CCc2ccccc2N1. The van der Waals surface area contributed by atoms with Crippen LogP contribution in [0.4, 0.5) is 5.69 Å². The van der Waals surface area contributed by atoms with E-state index >= 15 is 0 Å². The second-order valence-electron chi connectivity index (χ2n) is 5.05. The quantitative estimate of drug-likeness (QED) is 0.777. The fraction of sp³-hybridized carbons (Fsp3) is 0.538. The molecule has 0 amide bonds. The first-order valence-corrected chi connectivity index (χ1v) is 5.61. The van der Waals surface area contributed by atoms with Crippen molar-refractivity contribution in [2.24, 2.45) is 0 Å². The van der Waals surface area contributed by atoms with E-state index in [4.69, 9.17) is 0 Å². The molecule has 2 nitrogen and oxygen atoms in total. The third-order valence-corrected chi connectivity index (χ3v) is 2.89. The van der Waals surface area contributed by atoms with Crippen molar-refractivity contribution in [1.82, 2.24) is 0 Å². The molecule has 0 spiro atoms. The van der Waals surface area contributed by atoms with Crippen LogP contribution in [0.2, 0.25) is 0 Å². The average Bonchev–Trinajstić information content (AvgIpc) is 2.15. The molecule has 2 N–H and O–H groups in total. The number of hydrogen-bond donors (Lipinski definition) is 2. The van der Waals surface area contributed by atoms with Gasteiger partial charge >= 0.3 is 0 Å². The third-order valence-electron chi connectivity index (χ3n) is 2.89. The molecule has 1 aliphatic rings. The molecule has 2 rings (SSSR count). The van der Waals surface area contributed by atoms with Crippen LogP contribution < -0.4 is 5.32 Å². The molecule has 1 aromatic rings. The van der Waals surface area contributed by atoms with E-state index in [1.807, 2.05) is 13.8 Å². The molecule has 0 saturated heterocycles. The summed E-state index contributed by atoms with van der Waals surface area (Å²) in [6, 6.07) is 8.82. The minimum Gasteiger partial charge on any atom is -0.390 e. The molecular formula is C13H19NO. The average molecular weight is 205 g/mol. The molecular weight excluding hydrogens is 186 g/mol. The van der Waals surface area contributed by atoms with Crippen LogP contribution in [0.5, 0.6) is 0 Å². The summed E-state index contributed by atoms with van der Waals surface area (Å²) in [6.45, 7) is 3.74. The van der Waals surface area contributed by atoms with E-state index < -0.39 is 5.60 Å². The van der Waals surface area contributed by atoms with Gasteiger partial charge in [0.25, 0.3) is 0 Å². The summed E-state index contributed by atoms with van der Waals surface area (Å²) >= 11 is 0. The van der Waals surface area contributed by atoms with E-state index in [0.717, 1.165) is 19.3 Å². The Hall–Kier alpha value is -1.02. The van der Waals surface area contributed by atoms with Crippen molar-refractivity contribution in [3.05, 3.63) is 29.8 Å². The Morgan fingerprint density at radius 1 is 1.40 bits per heavy atom. The van der Waals surface area contributed by atoms with Gasteiger partial charge < -0.3 is 10.4 Å². The molecule has 0 fully saturated rings. The highest BCUT2D eigenvalue weighted by Crippen LogP contribution is 2.27. The van der Waals surface area contributed by atoms with Crippen LogP contribution >= 0.6 is 0 Å². The van der Waals surface area contributed by atoms with Crippen molar-refractivity contribution in [1.29, 1.82) is 0 Å². The van der Waals surface area contributed by atoms with Crippen molar-refractivity contribution in [3.8, 4) is 0 Å². The lowest BCUT2D eigenvalue weighted by atomic mass is 9.91. The van der Waals surface area contributed by atoms with Crippen molar-refractivity contribution < 1.29 is 5.11 Å². The minimum absolute atomic E-state index is 0.403. The predicted octanol–water partition coefficient (Wildman–Crippen LogP) is 2.57. The van der Waals surface area contributed by atoms with Gasteiger partial charge in [-0.05, 0) is 44.7 Å². The summed E-state index contributed by atoms with van der Waals surface area (Å²) in [6.07, 6.45) is 3.03. The Bertz CT molecular complexity index is 341. The number of fused-ring (bicyclic) bond motifs is 1. The van der Waals surface area contributed by atoms with Crippen LogP contribution in [0.1, 0.15) is 32.3 Å². The van der Waals surface area contributed by atoms with E-state index in [2.05, 4.69) is 29.6 Å². The lowest BCUT2D eigenvalue weighted by Gasteiger charge is -2.31. The number of aliphatic hydroxyl groups is 1. The summed E-state index contributed by atoms with van der Waals surface area (Å²) in [5, 5.41) is 13.3. The first-order chi connectivity index (χ1) is 7.04. The highest BCUT2D eigenvalue weighted by atomic mass is 16.3. The second-order valence-corrected chi connectivity index (χ2v) is 5.05. The lowest BCUT2D eigenvalue weighted by molar-refractivity contribution is 0.0645. The zero-order valence-corrected chi connectivity index (χ0v) is 9.46. The van der Waals surface area contributed by atoms with Crippen LogP contribution in [0.15, 0.2) is 24.3 Å². The largest absolute Gasteiger partial charge is 0.390 e. The topological polar surface area (TPSA) is 32.3 Å². The number of para-hydroxylation sites is 1. The number of rotatable bonds is 2. The van der Waals surface area contributed by atoms with Gasteiger partial charge in [-0.25, -0.2) is 0 Å². The van der Waals surface area contributed by atoms with Gasteiger partial charge in [-0.3, -0.25) is 0 Å². The van der Waals surface area contributed by atoms with Gasteiger partial charge in [0, 0.05) is 11.7 Å². The van der Waals surface area contributed by atoms with Crippen molar-refractivity contribution in [3.63, 3.8) is 0 Å². The van der Waals surface area contributed by atoms with Crippen LogP contribution in [-0.2, 0) is 6.42 Å². The molecule has 0 radical (unpaired) electrons. The van der Waals surface area contributed by atoms with E-state index in [0.29, 0.717) is 6.04 Å². The summed E-state index contributed by atoms with van der Waals surface area (Å²) in [7, 11) is 0. The Morgan fingerprint density at radius 3 is 2.87 bits per heavy atom. The van der Waals surface area contributed by atoms with Gasteiger partial charge in [0.1, 0.15) is 0 Å². The first kappa shape index (κ1) is 10.5. The van der Waals surface area contributed by atoms with E-state index in [-0.39, 0.29) is 0 Å².